The van der Waals surface area contributed by atoms with Crippen LogP contribution in [0.4, 0.5) is 0 Å². The summed E-state index contributed by atoms with van der Waals surface area (Å²) < 4.78 is 0. The summed E-state index contributed by atoms with van der Waals surface area (Å²) in [6.07, 6.45) is 0.953. The summed E-state index contributed by atoms with van der Waals surface area (Å²) >= 11 is 7.28. The molecule has 0 aliphatic rings. The third-order valence-electron chi connectivity index (χ3n) is 1.54. The molecule has 0 saturated heterocycles. The van der Waals surface area contributed by atoms with Crippen LogP contribution in [0.5, 0.6) is 0 Å². The van der Waals surface area contributed by atoms with Gasteiger partial charge in [-0.2, -0.15) is 0 Å². The average molecular weight is 217 g/mol. The van der Waals surface area contributed by atoms with Gasteiger partial charge in [-0.15, -0.1) is 11.3 Å². The van der Waals surface area contributed by atoms with Gasteiger partial charge in [0.15, 0.2) is 0 Å². The van der Waals surface area contributed by atoms with E-state index in [-0.39, 0.29) is 0 Å². The van der Waals surface area contributed by atoms with Crippen LogP contribution < -0.4 is 5.32 Å². The zero-order valence-corrected chi connectivity index (χ0v) is 9.21. The molecule has 0 aliphatic carbocycles. The molecule has 2 nitrogen and oxygen atoms in total. The van der Waals surface area contributed by atoms with Gasteiger partial charge in [0.05, 0.1) is 10.7 Å². The third-order valence-corrected chi connectivity index (χ3v) is 2.50. The summed E-state index contributed by atoms with van der Waals surface area (Å²) in [5.41, 5.74) is 1.15. The molecule has 0 fully saturated rings. The number of hydrogen-bond acceptors (Lipinski definition) is 3. The van der Waals surface area contributed by atoms with Gasteiger partial charge in [-0.25, -0.2) is 4.98 Å². The van der Waals surface area contributed by atoms with E-state index in [1.165, 1.54) is 0 Å². The highest BCUT2D eigenvalue weighted by atomic mass is 35.5. The van der Waals surface area contributed by atoms with E-state index in [0.717, 1.165) is 23.7 Å². The van der Waals surface area contributed by atoms with Crippen molar-refractivity contribution < 1.29 is 0 Å². The predicted octanol–water partition coefficient (Wildman–Crippen LogP) is 2.34. The molecule has 0 atom stereocenters. The SMILES string of the molecule is C=C(Cl)CNCCc1csc(C)n1. The molecule has 0 amide bonds. The highest BCUT2D eigenvalue weighted by Gasteiger charge is 1.97. The van der Waals surface area contributed by atoms with Crippen LogP contribution >= 0.6 is 22.9 Å². The van der Waals surface area contributed by atoms with Gasteiger partial charge in [-0.3, -0.25) is 0 Å². The zero-order valence-electron chi connectivity index (χ0n) is 7.64. The lowest BCUT2D eigenvalue weighted by Crippen LogP contribution is -2.18. The fourth-order valence-electron chi connectivity index (χ4n) is 0.964. The first-order valence-corrected chi connectivity index (χ1v) is 5.39. The second-order valence-corrected chi connectivity index (χ2v) is 4.40. The van der Waals surface area contributed by atoms with E-state index in [2.05, 4.69) is 22.3 Å². The monoisotopic (exact) mass is 216 g/mol. The molecule has 0 radical (unpaired) electrons. The van der Waals surface area contributed by atoms with E-state index in [4.69, 9.17) is 11.6 Å². The molecular formula is C9H13ClN2S. The molecule has 13 heavy (non-hydrogen) atoms. The third kappa shape index (κ3) is 4.41. The van der Waals surface area contributed by atoms with E-state index in [1.54, 1.807) is 11.3 Å². The first kappa shape index (κ1) is 10.7. The number of hydrogen-bond donors (Lipinski definition) is 1. The summed E-state index contributed by atoms with van der Waals surface area (Å²) in [4.78, 5) is 4.35. The van der Waals surface area contributed by atoms with Gasteiger partial charge < -0.3 is 5.32 Å². The summed E-state index contributed by atoms with van der Waals surface area (Å²) in [6.45, 7) is 7.18. The van der Waals surface area contributed by atoms with E-state index in [0.29, 0.717) is 11.6 Å². The van der Waals surface area contributed by atoms with Crippen LogP contribution in [0.3, 0.4) is 0 Å². The number of thiazole rings is 1. The maximum absolute atomic E-state index is 5.59. The normalized spacial score (nSPS) is 10.3. The molecule has 1 aromatic rings. The van der Waals surface area contributed by atoms with Gasteiger partial charge in [0.1, 0.15) is 0 Å². The van der Waals surface area contributed by atoms with Gasteiger partial charge >= 0.3 is 0 Å². The number of nitrogens with one attached hydrogen (secondary N) is 1. The van der Waals surface area contributed by atoms with Crippen molar-refractivity contribution in [1.29, 1.82) is 0 Å². The highest BCUT2D eigenvalue weighted by molar-refractivity contribution is 7.09. The fourth-order valence-corrected chi connectivity index (χ4v) is 1.71. The largest absolute Gasteiger partial charge is 0.311 e. The van der Waals surface area contributed by atoms with Crippen molar-refractivity contribution in [3.63, 3.8) is 0 Å². The predicted molar refractivity (Wildman–Crippen MR) is 58.4 cm³/mol. The number of rotatable bonds is 5. The molecule has 0 aromatic carbocycles. The smallest absolute Gasteiger partial charge is 0.0897 e. The molecule has 1 heterocycles. The molecule has 0 saturated carbocycles. The second kappa shape index (κ2) is 5.37. The molecule has 0 aliphatic heterocycles. The lowest BCUT2D eigenvalue weighted by Gasteiger charge is -2.00. The highest BCUT2D eigenvalue weighted by Crippen LogP contribution is 2.07. The van der Waals surface area contributed by atoms with Crippen molar-refractivity contribution in [2.45, 2.75) is 13.3 Å². The van der Waals surface area contributed by atoms with E-state index in [1.807, 2.05) is 6.92 Å². The van der Waals surface area contributed by atoms with E-state index >= 15 is 0 Å². The molecule has 4 heteroatoms. The Morgan fingerprint density at radius 1 is 1.77 bits per heavy atom. The Kier molecular flexibility index (Phi) is 4.42. The Bertz CT molecular complexity index is 283. The number of nitrogens with zero attached hydrogens (tertiary/aromatic N) is 1. The van der Waals surface area contributed by atoms with Crippen molar-refractivity contribution >= 4 is 22.9 Å². The molecule has 1 N–H and O–H groups in total. The standard InChI is InChI=1S/C9H13ClN2S/c1-7(10)5-11-4-3-9-6-13-8(2)12-9/h6,11H,1,3-5H2,2H3. The van der Waals surface area contributed by atoms with Crippen LogP contribution in [0.25, 0.3) is 0 Å². The van der Waals surface area contributed by atoms with Gasteiger partial charge in [0.25, 0.3) is 0 Å². The Balaban J connectivity index is 2.16. The zero-order chi connectivity index (χ0) is 9.68. The minimum atomic E-state index is 0.648. The van der Waals surface area contributed by atoms with Crippen LogP contribution in [0.1, 0.15) is 10.7 Å². The quantitative estimate of drug-likeness (QED) is 0.765. The Morgan fingerprint density at radius 3 is 3.08 bits per heavy atom. The average Bonchev–Trinajstić information content (AvgIpc) is 2.45. The summed E-state index contributed by atoms with van der Waals surface area (Å²) in [5, 5.41) is 7.04. The number of aryl methyl sites for hydroxylation is 1. The Labute approximate surface area is 87.6 Å². The van der Waals surface area contributed by atoms with Crippen LogP contribution in [-0.4, -0.2) is 18.1 Å². The number of halogens is 1. The minimum absolute atomic E-state index is 0.648. The summed E-state index contributed by atoms with van der Waals surface area (Å²) in [7, 11) is 0. The Hall–Kier alpha value is -0.380. The van der Waals surface area contributed by atoms with Gasteiger partial charge in [0, 0.05) is 29.9 Å². The molecule has 1 rings (SSSR count). The van der Waals surface area contributed by atoms with Crippen molar-refractivity contribution in [3.05, 3.63) is 27.7 Å². The van der Waals surface area contributed by atoms with E-state index in [9.17, 15) is 0 Å². The van der Waals surface area contributed by atoms with Crippen LogP contribution in [0.2, 0.25) is 0 Å². The van der Waals surface area contributed by atoms with Crippen LogP contribution in [-0.2, 0) is 6.42 Å². The fraction of sp³-hybridized carbons (Fsp3) is 0.444. The van der Waals surface area contributed by atoms with Crippen molar-refractivity contribution in [1.82, 2.24) is 10.3 Å². The molecular weight excluding hydrogens is 204 g/mol. The van der Waals surface area contributed by atoms with E-state index < -0.39 is 0 Å². The maximum Gasteiger partial charge on any atom is 0.0897 e. The summed E-state index contributed by atoms with van der Waals surface area (Å²) in [5.74, 6) is 0. The van der Waals surface area contributed by atoms with Crippen LogP contribution in [0, 0.1) is 6.92 Å². The van der Waals surface area contributed by atoms with Crippen LogP contribution in [0.15, 0.2) is 17.0 Å². The molecule has 72 valence electrons. The van der Waals surface area contributed by atoms with Crippen molar-refractivity contribution in [2.75, 3.05) is 13.1 Å². The second-order valence-electron chi connectivity index (χ2n) is 2.80. The summed E-state index contributed by atoms with van der Waals surface area (Å²) in [6, 6.07) is 0. The molecule has 0 bridgehead atoms. The maximum atomic E-state index is 5.59. The van der Waals surface area contributed by atoms with Gasteiger partial charge in [-0.1, -0.05) is 18.2 Å². The lowest BCUT2D eigenvalue weighted by molar-refractivity contribution is 0.732. The first-order chi connectivity index (χ1) is 6.18. The first-order valence-electron chi connectivity index (χ1n) is 4.13. The van der Waals surface area contributed by atoms with Gasteiger partial charge in [0.2, 0.25) is 0 Å². The Morgan fingerprint density at radius 2 is 2.54 bits per heavy atom. The van der Waals surface area contributed by atoms with Gasteiger partial charge in [-0.05, 0) is 6.92 Å². The van der Waals surface area contributed by atoms with Crippen molar-refractivity contribution in [3.8, 4) is 0 Å². The lowest BCUT2D eigenvalue weighted by atomic mass is 10.3. The molecule has 1 aromatic heterocycles. The topological polar surface area (TPSA) is 24.9 Å². The number of aromatic nitrogens is 1. The molecule has 0 spiro atoms. The molecule has 0 unspecified atom stereocenters. The minimum Gasteiger partial charge on any atom is -0.311 e. The van der Waals surface area contributed by atoms with Crippen molar-refractivity contribution in [2.24, 2.45) is 0 Å².